The van der Waals surface area contributed by atoms with Crippen molar-refractivity contribution in [2.45, 2.75) is 18.9 Å². The summed E-state index contributed by atoms with van der Waals surface area (Å²) in [5, 5.41) is 8.97. The summed E-state index contributed by atoms with van der Waals surface area (Å²) in [6, 6.07) is 4.33. The molecular formula is C11H13ClN2O3. The van der Waals surface area contributed by atoms with Crippen molar-refractivity contribution in [1.29, 1.82) is 0 Å². The molecule has 0 bridgehead atoms. The van der Waals surface area contributed by atoms with Gasteiger partial charge < -0.3 is 10.0 Å². The molecule has 0 aliphatic carbocycles. The molecule has 1 fully saturated rings. The number of pyridine rings is 1. The lowest BCUT2D eigenvalue weighted by Gasteiger charge is -2.20. The van der Waals surface area contributed by atoms with Gasteiger partial charge in [-0.2, -0.15) is 0 Å². The Kier molecular flexibility index (Phi) is 4.45. The zero-order valence-electron chi connectivity index (χ0n) is 9.07. The molecule has 17 heavy (non-hydrogen) atoms. The largest absolute Gasteiger partial charge is 0.480 e. The lowest BCUT2D eigenvalue weighted by Crippen LogP contribution is -2.40. The minimum Gasteiger partial charge on any atom is -0.480 e. The van der Waals surface area contributed by atoms with Crippen molar-refractivity contribution in [2.24, 2.45) is 0 Å². The number of hydrogen-bond donors (Lipinski definition) is 1. The van der Waals surface area contributed by atoms with Crippen molar-refractivity contribution >= 4 is 24.3 Å². The number of carboxylic acids is 1. The van der Waals surface area contributed by atoms with E-state index in [4.69, 9.17) is 5.11 Å². The Bertz CT molecular complexity index is 410. The average Bonchev–Trinajstić information content (AvgIpc) is 2.78. The molecule has 1 N–H and O–H groups in total. The molecule has 1 aromatic rings. The van der Waals surface area contributed by atoms with Crippen LogP contribution < -0.4 is 0 Å². The minimum atomic E-state index is -0.943. The lowest BCUT2D eigenvalue weighted by molar-refractivity contribution is -0.141. The van der Waals surface area contributed by atoms with Crippen molar-refractivity contribution in [3.05, 3.63) is 30.1 Å². The average molecular weight is 257 g/mol. The summed E-state index contributed by atoms with van der Waals surface area (Å²) >= 11 is 0. The van der Waals surface area contributed by atoms with Crippen LogP contribution in [-0.4, -0.2) is 39.5 Å². The monoisotopic (exact) mass is 256 g/mol. The van der Waals surface area contributed by atoms with Crippen molar-refractivity contribution in [1.82, 2.24) is 9.88 Å². The second-order valence-electron chi connectivity index (χ2n) is 3.71. The Labute approximate surface area is 105 Å². The fraction of sp³-hybridized carbons (Fsp3) is 0.364. The SMILES string of the molecule is Cl.O=C(O)[C@@H]1CCCN1C(=O)c1ccccn1. The van der Waals surface area contributed by atoms with E-state index in [-0.39, 0.29) is 18.3 Å². The highest BCUT2D eigenvalue weighted by molar-refractivity contribution is 5.95. The van der Waals surface area contributed by atoms with Gasteiger partial charge in [0.2, 0.25) is 0 Å². The van der Waals surface area contributed by atoms with Gasteiger partial charge in [-0.15, -0.1) is 12.4 Å². The third-order valence-electron chi connectivity index (χ3n) is 2.68. The summed E-state index contributed by atoms with van der Waals surface area (Å²) < 4.78 is 0. The minimum absolute atomic E-state index is 0. The standard InChI is InChI=1S/C11H12N2O3.ClH/c14-10(8-4-1-2-6-12-8)13-7-3-5-9(13)11(15)16;/h1-2,4,6,9H,3,5,7H2,(H,15,16);1H/t9-;/m0./s1. The number of likely N-dealkylation sites (tertiary alicyclic amines) is 1. The summed E-state index contributed by atoms with van der Waals surface area (Å²) in [6.45, 7) is 0.492. The van der Waals surface area contributed by atoms with Crippen LogP contribution in [0.15, 0.2) is 24.4 Å². The highest BCUT2D eigenvalue weighted by Gasteiger charge is 2.34. The summed E-state index contributed by atoms with van der Waals surface area (Å²) in [5.41, 5.74) is 0.302. The third-order valence-corrected chi connectivity index (χ3v) is 2.68. The van der Waals surface area contributed by atoms with Gasteiger partial charge in [0, 0.05) is 12.7 Å². The van der Waals surface area contributed by atoms with Gasteiger partial charge in [-0.25, -0.2) is 4.79 Å². The molecule has 2 rings (SSSR count). The van der Waals surface area contributed by atoms with Crippen molar-refractivity contribution in [3.8, 4) is 0 Å². The maximum atomic E-state index is 12.0. The molecule has 0 radical (unpaired) electrons. The van der Waals surface area contributed by atoms with Crippen LogP contribution in [0.1, 0.15) is 23.3 Å². The van der Waals surface area contributed by atoms with E-state index in [0.29, 0.717) is 18.7 Å². The number of hydrogen-bond acceptors (Lipinski definition) is 3. The number of rotatable bonds is 2. The topological polar surface area (TPSA) is 70.5 Å². The molecular weight excluding hydrogens is 244 g/mol. The molecule has 5 nitrogen and oxygen atoms in total. The van der Waals surface area contributed by atoms with Crippen molar-refractivity contribution < 1.29 is 14.7 Å². The molecule has 1 saturated heterocycles. The molecule has 1 atom stereocenters. The van der Waals surface area contributed by atoms with Gasteiger partial charge in [0.25, 0.3) is 5.91 Å². The van der Waals surface area contributed by atoms with E-state index < -0.39 is 12.0 Å². The first-order valence-electron chi connectivity index (χ1n) is 5.15. The summed E-state index contributed by atoms with van der Waals surface area (Å²) in [5.74, 6) is -1.24. The van der Waals surface area contributed by atoms with Crippen LogP contribution in [0.25, 0.3) is 0 Å². The van der Waals surface area contributed by atoms with Crippen LogP contribution in [-0.2, 0) is 4.79 Å². The summed E-state index contributed by atoms with van der Waals surface area (Å²) in [7, 11) is 0. The fourth-order valence-electron chi connectivity index (χ4n) is 1.90. The number of nitrogens with zero attached hydrogens (tertiary/aromatic N) is 2. The molecule has 0 aromatic carbocycles. The van der Waals surface area contributed by atoms with Crippen LogP contribution in [0.5, 0.6) is 0 Å². The van der Waals surface area contributed by atoms with E-state index >= 15 is 0 Å². The van der Waals surface area contributed by atoms with Gasteiger partial charge in [0.1, 0.15) is 11.7 Å². The molecule has 0 unspecified atom stereocenters. The number of carboxylic acid groups (broad SMARTS) is 1. The Balaban J connectivity index is 0.00000144. The maximum absolute atomic E-state index is 12.0. The molecule has 1 aliphatic rings. The van der Waals surface area contributed by atoms with Crippen LogP contribution in [0, 0.1) is 0 Å². The third kappa shape index (κ3) is 2.74. The number of carbonyl (C=O) groups excluding carboxylic acids is 1. The molecule has 1 aromatic heterocycles. The van der Waals surface area contributed by atoms with Gasteiger partial charge >= 0.3 is 5.97 Å². The summed E-state index contributed by atoms with van der Waals surface area (Å²) in [6.07, 6.45) is 2.78. The van der Waals surface area contributed by atoms with Crippen LogP contribution >= 0.6 is 12.4 Å². The highest BCUT2D eigenvalue weighted by Crippen LogP contribution is 2.19. The van der Waals surface area contributed by atoms with E-state index in [1.54, 1.807) is 18.2 Å². The Morgan fingerprint density at radius 1 is 1.41 bits per heavy atom. The van der Waals surface area contributed by atoms with E-state index in [9.17, 15) is 9.59 Å². The predicted molar refractivity (Wildman–Crippen MR) is 63.2 cm³/mol. The van der Waals surface area contributed by atoms with Gasteiger partial charge in [-0.1, -0.05) is 6.07 Å². The molecule has 6 heteroatoms. The number of amides is 1. The van der Waals surface area contributed by atoms with Crippen LogP contribution in [0.4, 0.5) is 0 Å². The Morgan fingerprint density at radius 3 is 2.76 bits per heavy atom. The number of carbonyl (C=O) groups is 2. The van der Waals surface area contributed by atoms with Crippen molar-refractivity contribution in [3.63, 3.8) is 0 Å². The molecule has 92 valence electrons. The predicted octanol–water partition coefficient (Wildman–Crippen LogP) is 1.19. The molecule has 0 saturated carbocycles. The maximum Gasteiger partial charge on any atom is 0.326 e. The first-order valence-corrected chi connectivity index (χ1v) is 5.15. The van der Waals surface area contributed by atoms with E-state index in [2.05, 4.69) is 4.98 Å². The molecule has 1 amide bonds. The first kappa shape index (κ1) is 13.4. The second kappa shape index (κ2) is 5.63. The smallest absolute Gasteiger partial charge is 0.326 e. The normalized spacial score (nSPS) is 18.6. The van der Waals surface area contributed by atoms with Gasteiger partial charge in [-0.05, 0) is 25.0 Å². The highest BCUT2D eigenvalue weighted by atomic mass is 35.5. The quantitative estimate of drug-likeness (QED) is 0.863. The van der Waals surface area contributed by atoms with Crippen LogP contribution in [0.3, 0.4) is 0 Å². The van der Waals surface area contributed by atoms with Gasteiger partial charge in [0.05, 0.1) is 0 Å². The number of aromatic nitrogens is 1. The molecule has 1 aliphatic heterocycles. The van der Waals surface area contributed by atoms with Crippen LogP contribution in [0.2, 0.25) is 0 Å². The molecule has 2 heterocycles. The fourth-order valence-corrected chi connectivity index (χ4v) is 1.90. The second-order valence-corrected chi connectivity index (χ2v) is 3.71. The van der Waals surface area contributed by atoms with E-state index in [1.807, 2.05) is 0 Å². The Morgan fingerprint density at radius 2 is 2.18 bits per heavy atom. The summed E-state index contributed by atoms with van der Waals surface area (Å²) in [4.78, 5) is 28.2. The van der Waals surface area contributed by atoms with Gasteiger partial charge in [-0.3, -0.25) is 9.78 Å². The van der Waals surface area contributed by atoms with E-state index in [1.165, 1.54) is 11.1 Å². The zero-order valence-corrected chi connectivity index (χ0v) is 9.89. The number of halogens is 1. The number of aliphatic carboxylic acids is 1. The molecule has 0 spiro atoms. The van der Waals surface area contributed by atoms with E-state index in [0.717, 1.165) is 6.42 Å². The first-order chi connectivity index (χ1) is 7.70. The lowest BCUT2D eigenvalue weighted by atomic mass is 10.2. The van der Waals surface area contributed by atoms with Gasteiger partial charge in [0.15, 0.2) is 0 Å². The van der Waals surface area contributed by atoms with Crippen molar-refractivity contribution in [2.75, 3.05) is 6.54 Å². The Hall–Kier alpha value is -1.62. The zero-order chi connectivity index (χ0) is 11.5.